The molecule has 2 N–H and O–H groups in total. The molecular weight excluding hydrogens is 246 g/mol. The first kappa shape index (κ1) is 13.2. The smallest absolute Gasteiger partial charge is 0.122 e. The molecule has 3 rings (SSSR count). The minimum Gasteiger partial charge on any atom is -0.493 e. The Hall–Kier alpha value is -1.80. The highest BCUT2D eigenvalue weighted by Gasteiger charge is 2.13. The molecule has 1 aliphatic heterocycles. The molecule has 104 valence electrons. The van der Waals surface area contributed by atoms with Crippen molar-refractivity contribution in [2.45, 2.75) is 31.7 Å². The molecule has 1 heterocycles. The average Bonchev–Trinajstić information content (AvgIpc) is 2.53. The van der Waals surface area contributed by atoms with E-state index in [-0.39, 0.29) is 6.04 Å². The SMILES string of the molecule is NC(CCc1ccccc1)c1ccc2c(c1)CCCO2. The van der Waals surface area contributed by atoms with E-state index in [1.54, 1.807) is 0 Å². The lowest BCUT2D eigenvalue weighted by Gasteiger charge is -2.20. The molecule has 0 bridgehead atoms. The fraction of sp³-hybridized carbons (Fsp3) is 0.333. The van der Waals surface area contributed by atoms with Crippen LogP contribution in [0.2, 0.25) is 0 Å². The van der Waals surface area contributed by atoms with Crippen LogP contribution in [0.25, 0.3) is 0 Å². The zero-order valence-electron chi connectivity index (χ0n) is 11.7. The van der Waals surface area contributed by atoms with Crippen LogP contribution in [0.4, 0.5) is 0 Å². The van der Waals surface area contributed by atoms with Crippen LogP contribution in [0.3, 0.4) is 0 Å². The van der Waals surface area contributed by atoms with Gasteiger partial charge in [-0.3, -0.25) is 0 Å². The van der Waals surface area contributed by atoms with E-state index in [0.717, 1.165) is 38.0 Å². The van der Waals surface area contributed by atoms with Crippen LogP contribution in [-0.4, -0.2) is 6.61 Å². The Morgan fingerprint density at radius 1 is 1.10 bits per heavy atom. The van der Waals surface area contributed by atoms with Gasteiger partial charge in [-0.05, 0) is 48.4 Å². The van der Waals surface area contributed by atoms with E-state index in [2.05, 4.69) is 42.5 Å². The van der Waals surface area contributed by atoms with Gasteiger partial charge in [-0.25, -0.2) is 0 Å². The van der Waals surface area contributed by atoms with Crippen molar-refractivity contribution in [3.8, 4) is 5.75 Å². The number of hydrogen-bond donors (Lipinski definition) is 1. The van der Waals surface area contributed by atoms with Crippen LogP contribution in [0.5, 0.6) is 5.75 Å². The van der Waals surface area contributed by atoms with Gasteiger partial charge in [0.1, 0.15) is 5.75 Å². The summed E-state index contributed by atoms with van der Waals surface area (Å²) in [6, 6.07) is 17.0. The molecule has 0 fully saturated rings. The first-order valence-corrected chi connectivity index (χ1v) is 7.38. The molecule has 2 heteroatoms. The summed E-state index contributed by atoms with van der Waals surface area (Å²) in [7, 11) is 0. The predicted molar refractivity (Wildman–Crippen MR) is 81.9 cm³/mol. The number of aryl methyl sites for hydroxylation is 2. The maximum absolute atomic E-state index is 6.34. The molecule has 1 aliphatic rings. The number of ether oxygens (including phenoxy) is 1. The third kappa shape index (κ3) is 3.02. The van der Waals surface area contributed by atoms with Crippen molar-refractivity contribution in [3.63, 3.8) is 0 Å². The Kier molecular flexibility index (Phi) is 4.03. The Morgan fingerprint density at radius 3 is 2.80 bits per heavy atom. The molecule has 0 spiro atoms. The number of fused-ring (bicyclic) bond motifs is 1. The van der Waals surface area contributed by atoms with E-state index in [1.165, 1.54) is 16.7 Å². The number of nitrogens with two attached hydrogens (primary N) is 1. The summed E-state index contributed by atoms with van der Waals surface area (Å²) in [5.74, 6) is 1.04. The maximum Gasteiger partial charge on any atom is 0.122 e. The summed E-state index contributed by atoms with van der Waals surface area (Å²) >= 11 is 0. The van der Waals surface area contributed by atoms with Crippen LogP contribution in [-0.2, 0) is 12.8 Å². The molecule has 20 heavy (non-hydrogen) atoms. The van der Waals surface area contributed by atoms with E-state index in [0.29, 0.717) is 0 Å². The molecule has 1 atom stereocenters. The van der Waals surface area contributed by atoms with E-state index in [9.17, 15) is 0 Å². The van der Waals surface area contributed by atoms with Crippen LogP contribution < -0.4 is 10.5 Å². The predicted octanol–water partition coefficient (Wildman–Crippen LogP) is 3.64. The second-order valence-electron chi connectivity index (χ2n) is 5.45. The van der Waals surface area contributed by atoms with Crippen molar-refractivity contribution < 1.29 is 4.74 Å². The van der Waals surface area contributed by atoms with Gasteiger partial charge >= 0.3 is 0 Å². The summed E-state index contributed by atoms with van der Waals surface area (Å²) in [6.07, 6.45) is 4.21. The number of benzene rings is 2. The lowest BCUT2D eigenvalue weighted by Crippen LogP contribution is -2.14. The van der Waals surface area contributed by atoms with Gasteiger partial charge in [0, 0.05) is 6.04 Å². The van der Waals surface area contributed by atoms with Crippen molar-refractivity contribution in [2.75, 3.05) is 6.61 Å². The normalized spacial score (nSPS) is 15.2. The molecular formula is C18H21NO. The molecule has 0 saturated carbocycles. The summed E-state index contributed by atoms with van der Waals surface area (Å²) in [4.78, 5) is 0. The molecule has 2 nitrogen and oxygen atoms in total. The second kappa shape index (κ2) is 6.10. The highest BCUT2D eigenvalue weighted by molar-refractivity contribution is 5.39. The van der Waals surface area contributed by atoms with E-state index in [1.807, 2.05) is 6.07 Å². The Balaban J connectivity index is 1.66. The van der Waals surface area contributed by atoms with Crippen LogP contribution in [0.1, 0.15) is 35.6 Å². The average molecular weight is 267 g/mol. The Bertz CT molecular complexity index is 565. The van der Waals surface area contributed by atoms with Gasteiger partial charge < -0.3 is 10.5 Å². The molecule has 0 aromatic heterocycles. The van der Waals surface area contributed by atoms with Crippen LogP contribution in [0.15, 0.2) is 48.5 Å². The zero-order chi connectivity index (χ0) is 13.8. The fourth-order valence-corrected chi connectivity index (χ4v) is 2.74. The highest BCUT2D eigenvalue weighted by Crippen LogP contribution is 2.28. The summed E-state index contributed by atoms with van der Waals surface area (Å²) in [6.45, 7) is 0.840. The molecule has 0 aliphatic carbocycles. The summed E-state index contributed by atoms with van der Waals surface area (Å²) in [5.41, 5.74) is 10.2. The lowest BCUT2D eigenvalue weighted by atomic mass is 9.96. The van der Waals surface area contributed by atoms with Gasteiger partial charge in [0.05, 0.1) is 6.61 Å². The van der Waals surface area contributed by atoms with Crippen molar-refractivity contribution >= 4 is 0 Å². The van der Waals surface area contributed by atoms with E-state index >= 15 is 0 Å². The minimum absolute atomic E-state index is 0.0995. The van der Waals surface area contributed by atoms with Crippen molar-refractivity contribution in [1.29, 1.82) is 0 Å². The van der Waals surface area contributed by atoms with Gasteiger partial charge in [-0.15, -0.1) is 0 Å². The monoisotopic (exact) mass is 267 g/mol. The first-order valence-electron chi connectivity index (χ1n) is 7.38. The van der Waals surface area contributed by atoms with Crippen molar-refractivity contribution in [3.05, 3.63) is 65.2 Å². The van der Waals surface area contributed by atoms with Gasteiger partial charge in [0.15, 0.2) is 0 Å². The molecule has 1 unspecified atom stereocenters. The third-order valence-electron chi connectivity index (χ3n) is 3.95. The fourth-order valence-electron chi connectivity index (χ4n) is 2.74. The minimum atomic E-state index is 0.0995. The van der Waals surface area contributed by atoms with Gasteiger partial charge in [-0.1, -0.05) is 42.5 Å². The second-order valence-corrected chi connectivity index (χ2v) is 5.45. The lowest BCUT2D eigenvalue weighted by molar-refractivity contribution is 0.288. The first-order chi connectivity index (χ1) is 9.83. The van der Waals surface area contributed by atoms with E-state index < -0.39 is 0 Å². The van der Waals surface area contributed by atoms with Crippen molar-refractivity contribution in [1.82, 2.24) is 0 Å². The van der Waals surface area contributed by atoms with Gasteiger partial charge in [-0.2, -0.15) is 0 Å². The molecule has 2 aromatic carbocycles. The highest BCUT2D eigenvalue weighted by atomic mass is 16.5. The molecule has 0 radical (unpaired) electrons. The summed E-state index contributed by atoms with van der Waals surface area (Å²) in [5, 5.41) is 0. The zero-order valence-corrected chi connectivity index (χ0v) is 11.7. The van der Waals surface area contributed by atoms with Crippen molar-refractivity contribution in [2.24, 2.45) is 5.73 Å². The van der Waals surface area contributed by atoms with Gasteiger partial charge in [0.2, 0.25) is 0 Å². The largest absolute Gasteiger partial charge is 0.493 e. The summed E-state index contributed by atoms with van der Waals surface area (Å²) < 4.78 is 5.65. The molecule has 0 saturated heterocycles. The molecule has 0 amide bonds. The Labute approximate surface area is 120 Å². The quantitative estimate of drug-likeness (QED) is 0.917. The molecule has 2 aromatic rings. The topological polar surface area (TPSA) is 35.2 Å². The Morgan fingerprint density at radius 2 is 1.95 bits per heavy atom. The number of rotatable bonds is 4. The standard InChI is InChI=1S/C18H21NO/c19-17(10-8-14-5-2-1-3-6-14)15-9-11-18-16(13-15)7-4-12-20-18/h1-3,5-6,9,11,13,17H,4,7-8,10,12,19H2. The van der Waals surface area contributed by atoms with Crippen LogP contribution in [0, 0.1) is 0 Å². The number of hydrogen-bond acceptors (Lipinski definition) is 2. The van der Waals surface area contributed by atoms with Crippen LogP contribution >= 0.6 is 0 Å². The van der Waals surface area contributed by atoms with Gasteiger partial charge in [0.25, 0.3) is 0 Å². The van der Waals surface area contributed by atoms with E-state index in [4.69, 9.17) is 10.5 Å². The maximum atomic E-state index is 6.34. The third-order valence-corrected chi connectivity index (χ3v) is 3.95.